The zero-order valence-corrected chi connectivity index (χ0v) is 15.4. The van der Waals surface area contributed by atoms with Gasteiger partial charge in [0, 0.05) is 17.6 Å². The molecule has 0 aliphatic carbocycles. The highest BCUT2D eigenvalue weighted by molar-refractivity contribution is 6.50. The standard InChI is InChI=1S/C8H6N2O2.C2H6.3BF4.FH2N/c11-10(12)7-3-1-2-6-4-5-9-8(6)7;1-2;3*2-1(3,4)5;1-2/h1-5,9H;1-2H3;;;;2H2/q;;3*-1;. The molecule has 0 atom stereocenters. The molecule has 0 aliphatic rings. The Morgan fingerprint density at radius 3 is 1.39 bits per heavy atom. The fourth-order valence-electron chi connectivity index (χ4n) is 1.22. The van der Waals surface area contributed by atoms with Crippen molar-refractivity contribution in [2.45, 2.75) is 13.8 Å². The Morgan fingerprint density at radius 1 is 0.774 bits per heavy atom. The van der Waals surface area contributed by atoms with E-state index in [0.717, 1.165) is 5.39 Å². The third kappa shape index (κ3) is 38.6. The van der Waals surface area contributed by atoms with Crippen molar-refractivity contribution in [3.63, 3.8) is 0 Å². The number of fused-ring (bicyclic) bond motifs is 1. The molecule has 184 valence electrons. The summed E-state index contributed by atoms with van der Waals surface area (Å²) >= 11 is 0. The average molecular weight is 488 g/mol. The van der Waals surface area contributed by atoms with E-state index in [9.17, 15) is 61.9 Å². The van der Waals surface area contributed by atoms with Crippen LogP contribution in [0.2, 0.25) is 0 Å². The van der Waals surface area contributed by atoms with E-state index in [-0.39, 0.29) is 5.69 Å². The van der Waals surface area contributed by atoms with E-state index in [1.165, 1.54) is 6.07 Å². The summed E-state index contributed by atoms with van der Waals surface area (Å²) in [6.07, 6.45) is 1.69. The molecule has 0 fully saturated rings. The Labute approximate surface area is 166 Å². The van der Waals surface area contributed by atoms with Gasteiger partial charge in [-0.2, -0.15) is 5.96 Å². The number of H-pyrrole nitrogens is 1. The number of rotatable bonds is 1. The fourth-order valence-corrected chi connectivity index (χ4v) is 1.22. The van der Waals surface area contributed by atoms with E-state index >= 15 is 0 Å². The Hall–Kier alpha value is -2.60. The van der Waals surface area contributed by atoms with Crippen LogP contribution in [0, 0.1) is 10.1 Å². The van der Waals surface area contributed by atoms with Crippen LogP contribution in [0.1, 0.15) is 13.8 Å². The first-order chi connectivity index (χ1) is 13.8. The number of benzene rings is 1. The summed E-state index contributed by atoms with van der Waals surface area (Å²) in [5, 5.41) is 11.4. The maximum absolute atomic E-state index is 10.5. The fraction of sp³-hybridized carbons (Fsp3) is 0.200. The predicted molar refractivity (Wildman–Crippen MR) is 92.2 cm³/mol. The lowest BCUT2D eigenvalue weighted by Crippen LogP contribution is -2.02. The second kappa shape index (κ2) is 17.1. The van der Waals surface area contributed by atoms with E-state index in [0.29, 0.717) is 5.52 Å². The summed E-state index contributed by atoms with van der Waals surface area (Å²) in [5.74, 6) is 3.00. The van der Waals surface area contributed by atoms with Gasteiger partial charge >= 0.3 is 21.8 Å². The number of nitrogens with one attached hydrogen (secondary N) is 1. The molecule has 0 radical (unpaired) electrons. The summed E-state index contributed by atoms with van der Waals surface area (Å²) < 4.78 is 126. The van der Waals surface area contributed by atoms with Crippen molar-refractivity contribution >= 4 is 38.4 Å². The van der Waals surface area contributed by atoms with Gasteiger partial charge in [0.1, 0.15) is 5.52 Å². The van der Waals surface area contributed by atoms with Gasteiger partial charge in [-0.15, -0.1) is 4.48 Å². The number of hydrogen-bond donors (Lipinski definition) is 2. The molecular formula is C10H14B3F13N3O2-3. The summed E-state index contributed by atoms with van der Waals surface area (Å²) in [5.41, 5.74) is 0.708. The highest BCUT2D eigenvalue weighted by Crippen LogP contribution is 2.22. The molecule has 1 aromatic heterocycles. The topological polar surface area (TPSA) is 84.9 Å². The lowest BCUT2D eigenvalue weighted by atomic mass is 10.2. The number of hydrogen-bond acceptors (Lipinski definition) is 3. The minimum absolute atomic E-state index is 0.123. The lowest BCUT2D eigenvalue weighted by Gasteiger charge is -1.94. The molecule has 0 unspecified atom stereocenters. The van der Waals surface area contributed by atoms with Crippen LogP contribution in [0.15, 0.2) is 30.5 Å². The monoisotopic (exact) mass is 488 g/mol. The molecule has 31 heavy (non-hydrogen) atoms. The third-order valence-corrected chi connectivity index (χ3v) is 1.76. The van der Waals surface area contributed by atoms with E-state index in [2.05, 4.69) is 10.9 Å². The third-order valence-electron chi connectivity index (χ3n) is 1.76. The number of aromatic nitrogens is 1. The van der Waals surface area contributed by atoms with Gasteiger partial charge in [-0.1, -0.05) is 26.0 Å². The summed E-state index contributed by atoms with van der Waals surface area (Å²) in [7, 11) is -18.0. The molecule has 1 aromatic carbocycles. The quantitative estimate of drug-likeness (QED) is 0.152. The van der Waals surface area contributed by atoms with E-state index < -0.39 is 26.7 Å². The van der Waals surface area contributed by atoms with Crippen LogP contribution in [0.4, 0.5) is 62.0 Å². The highest BCUT2D eigenvalue weighted by atomic mass is 19.5. The molecule has 0 spiro atoms. The van der Waals surface area contributed by atoms with Crippen LogP contribution in [0.25, 0.3) is 10.9 Å². The van der Waals surface area contributed by atoms with Gasteiger partial charge in [-0.25, -0.2) is 0 Å². The summed E-state index contributed by atoms with van der Waals surface area (Å²) in [6, 6.07) is 6.80. The molecule has 0 aliphatic heterocycles. The van der Waals surface area contributed by atoms with Gasteiger partial charge in [0.25, 0.3) is 5.69 Å². The smallest absolute Gasteiger partial charge is 0.418 e. The Balaban J connectivity index is -0.000000164. The molecule has 0 saturated carbocycles. The van der Waals surface area contributed by atoms with Crippen LogP contribution in [0.3, 0.4) is 0 Å². The molecule has 2 rings (SSSR count). The largest absolute Gasteiger partial charge is 0.673 e. The SMILES string of the molecule is CC.F[B-](F)(F)F.F[B-](F)(F)F.F[B-](F)(F)F.NF.O=[N+]([O-])c1cccc2cc[nH]c12. The number of non-ortho nitro benzene ring substituents is 1. The molecule has 0 bridgehead atoms. The van der Waals surface area contributed by atoms with Gasteiger partial charge in [-0.3, -0.25) is 10.1 Å². The van der Waals surface area contributed by atoms with Crippen molar-refractivity contribution in [1.82, 2.24) is 4.98 Å². The Morgan fingerprint density at radius 2 is 1.10 bits per heavy atom. The van der Waals surface area contributed by atoms with E-state index in [4.69, 9.17) is 4.48 Å². The Kier molecular flexibility index (Phi) is 19.8. The van der Waals surface area contributed by atoms with Crippen molar-refractivity contribution < 1.29 is 61.2 Å². The molecule has 0 amide bonds. The van der Waals surface area contributed by atoms with Gasteiger partial charge in [0.2, 0.25) is 0 Å². The van der Waals surface area contributed by atoms with Gasteiger partial charge in [0.15, 0.2) is 0 Å². The number of aromatic amines is 1. The van der Waals surface area contributed by atoms with Crippen molar-refractivity contribution in [3.8, 4) is 0 Å². The highest BCUT2D eigenvalue weighted by Gasteiger charge is 2.21. The van der Waals surface area contributed by atoms with Crippen LogP contribution >= 0.6 is 0 Å². The molecule has 1 heterocycles. The van der Waals surface area contributed by atoms with Crippen molar-refractivity contribution in [1.29, 1.82) is 0 Å². The molecule has 3 N–H and O–H groups in total. The first-order valence-corrected chi connectivity index (χ1v) is 7.33. The minimum Gasteiger partial charge on any atom is -0.418 e. The normalized spacial score (nSPS) is 10.2. The number of para-hydroxylation sites is 1. The molecular weight excluding hydrogens is 474 g/mol. The van der Waals surface area contributed by atoms with Crippen molar-refractivity contribution in [2.75, 3.05) is 0 Å². The lowest BCUT2D eigenvalue weighted by molar-refractivity contribution is -0.383. The predicted octanol–water partition coefficient (Wildman–Crippen LogP) is 6.83. The van der Waals surface area contributed by atoms with Gasteiger partial charge < -0.3 is 56.8 Å². The van der Waals surface area contributed by atoms with Gasteiger partial charge in [0.05, 0.1) is 4.92 Å². The van der Waals surface area contributed by atoms with Gasteiger partial charge in [-0.05, 0) is 6.07 Å². The molecule has 21 heteroatoms. The van der Waals surface area contributed by atoms with Crippen molar-refractivity contribution in [2.24, 2.45) is 5.96 Å². The molecule has 2 aromatic rings. The van der Waals surface area contributed by atoms with E-state index in [1.807, 2.05) is 26.0 Å². The molecule has 0 saturated heterocycles. The average Bonchev–Trinajstić information content (AvgIpc) is 3.02. The van der Waals surface area contributed by atoms with Crippen LogP contribution in [-0.2, 0) is 0 Å². The second-order valence-electron chi connectivity index (χ2n) is 3.96. The number of halogens is 13. The first kappa shape index (κ1) is 35.8. The number of nitrogens with zero attached hydrogens (tertiary/aromatic N) is 1. The summed E-state index contributed by atoms with van der Waals surface area (Å²) in [4.78, 5) is 12.9. The van der Waals surface area contributed by atoms with E-state index in [1.54, 1.807) is 12.3 Å². The number of nitrogens with two attached hydrogens (primary N) is 1. The zero-order valence-electron chi connectivity index (χ0n) is 15.4. The van der Waals surface area contributed by atoms with Crippen LogP contribution < -0.4 is 5.96 Å². The molecule has 5 nitrogen and oxygen atoms in total. The number of nitro benzene ring substituents is 1. The van der Waals surface area contributed by atoms with Crippen LogP contribution in [-0.4, -0.2) is 31.7 Å². The van der Waals surface area contributed by atoms with Crippen molar-refractivity contribution in [3.05, 3.63) is 40.6 Å². The maximum Gasteiger partial charge on any atom is 0.673 e. The number of nitro groups is 1. The first-order valence-electron chi connectivity index (χ1n) is 7.33. The minimum atomic E-state index is -6.00. The zero-order chi connectivity index (χ0) is 26.1. The Bertz CT molecular complexity index is 660. The van der Waals surface area contributed by atoms with Crippen LogP contribution in [0.5, 0.6) is 0 Å². The summed E-state index contributed by atoms with van der Waals surface area (Å²) in [6.45, 7) is 4.00. The maximum atomic E-state index is 10.5. The second-order valence-corrected chi connectivity index (χ2v) is 3.96.